The number of nitrogens with two attached hydrogens (primary N) is 1. The molecule has 8 heteroatoms. The highest BCUT2D eigenvalue weighted by molar-refractivity contribution is 8.14. The molecule has 0 fully saturated rings. The maximum Gasteiger partial charge on any atom is 0.262 e. The van der Waals surface area contributed by atoms with Crippen LogP contribution in [0.1, 0.15) is 11.1 Å². The van der Waals surface area contributed by atoms with Crippen LogP contribution < -0.4 is 15.8 Å². The Kier molecular flexibility index (Phi) is 5.87. The maximum absolute atomic E-state index is 11.6. The van der Waals surface area contributed by atoms with E-state index in [1.54, 1.807) is 18.2 Å². The van der Waals surface area contributed by atoms with Gasteiger partial charge in [-0.3, -0.25) is 10.2 Å². The number of carbonyl (C=O) groups excluding carboxylic acids is 1. The Balaban J connectivity index is 1.87. The van der Waals surface area contributed by atoms with Crippen molar-refractivity contribution in [3.8, 4) is 5.75 Å². The number of nitrogens with one attached hydrogen (secondary N) is 3. The van der Waals surface area contributed by atoms with Crippen molar-refractivity contribution in [1.29, 1.82) is 10.8 Å². The zero-order valence-corrected chi connectivity index (χ0v) is 15.3. The van der Waals surface area contributed by atoms with Crippen molar-refractivity contribution in [1.82, 2.24) is 0 Å². The molecule has 0 saturated carbocycles. The number of hydrogen-bond acceptors (Lipinski definition) is 5. The smallest absolute Gasteiger partial charge is 0.262 e. The van der Waals surface area contributed by atoms with Crippen molar-refractivity contribution in [2.24, 2.45) is 10.7 Å². The molecular weight excluding hydrogens is 362 g/mol. The quantitative estimate of drug-likeness (QED) is 0.453. The number of rotatable bonds is 6. The number of anilines is 1. The van der Waals surface area contributed by atoms with Gasteiger partial charge in [-0.25, -0.2) is 4.99 Å². The molecule has 0 spiro atoms. The molecule has 5 N–H and O–H groups in total. The Labute approximate surface area is 161 Å². The first-order chi connectivity index (χ1) is 13.1. The lowest BCUT2D eigenvalue weighted by atomic mass is 10.0. The molecule has 0 radical (unpaired) electrons. The van der Waals surface area contributed by atoms with Crippen molar-refractivity contribution < 1.29 is 9.53 Å². The molecule has 1 atom stereocenters. The fourth-order valence-corrected chi connectivity index (χ4v) is 3.64. The predicted molar refractivity (Wildman–Crippen MR) is 109 cm³/mol. The summed E-state index contributed by atoms with van der Waals surface area (Å²) < 4.78 is 5.37. The summed E-state index contributed by atoms with van der Waals surface area (Å²) in [5, 5.41) is 18.5. The van der Waals surface area contributed by atoms with Gasteiger partial charge in [0, 0.05) is 0 Å². The van der Waals surface area contributed by atoms with Crippen LogP contribution in [-0.2, 0) is 11.2 Å². The molecule has 0 aliphatic carbocycles. The van der Waals surface area contributed by atoms with Gasteiger partial charge in [-0.1, -0.05) is 42.1 Å². The Morgan fingerprint density at radius 1 is 1.33 bits per heavy atom. The van der Waals surface area contributed by atoms with E-state index in [4.69, 9.17) is 21.3 Å². The minimum atomic E-state index is -0.297. The van der Waals surface area contributed by atoms with Crippen molar-refractivity contribution in [2.75, 3.05) is 11.9 Å². The largest absolute Gasteiger partial charge is 0.482 e. The molecule has 1 aliphatic rings. The van der Waals surface area contributed by atoms with Crippen LogP contribution in [0.25, 0.3) is 0 Å². The summed E-state index contributed by atoms with van der Waals surface area (Å²) in [6, 6.07) is 15.1. The zero-order chi connectivity index (χ0) is 19.2. The fourth-order valence-electron chi connectivity index (χ4n) is 2.71. The number of benzene rings is 2. The summed E-state index contributed by atoms with van der Waals surface area (Å²) in [5.74, 6) is 0.368. The second kappa shape index (κ2) is 8.50. The van der Waals surface area contributed by atoms with E-state index in [0.717, 1.165) is 11.9 Å². The van der Waals surface area contributed by atoms with Crippen molar-refractivity contribution in [3.05, 3.63) is 59.7 Å². The highest BCUT2D eigenvalue weighted by atomic mass is 32.2. The molecule has 3 rings (SSSR count). The standard InChI is InChI=1S/C19H19N5O2S/c20-11-23-19(22)27-16(8-12-4-2-1-3-5-12)18(21)13-6-7-15-14(9-13)24-17(25)10-26-15/h1-7,9,11,16,21H,8,10H2,(H,24,25)(H3,20,22,23). The summed E-state index contributed by atoms with van der Waals surface area (Å²) in [4.78, 5) is 15.3. The van der Waals surface area contributed by atoms with Crippen LogP contribution in [0.4, 0.5) is 5.69 Å². The summed E-state index contributed by atoms with van der Waals surface area (Å²) in [6.07, 6.45) is 1.47. The van der Waals surface area contributed by atoms with E-state index >= 15 is 0 Å². The number of ether oxygens (including phenoxy) is 1. The van der Waals surface area contributed by atoms with Gasteiger partial charge in [-0.05, 0) is 35.7 Å². The number of aliphatic imine (C=N–C) groups is 1. The van der Waals surface area contributed by atoms with E-state index < -0.39 is 0 Å². The number of thioether (sulfide) groups is 1. The van der Waals surface area contributed by atoms with E-state index in [-0.39, 0.29) is 22.9 Å². The highest BCUT2D eigenvalue weighted by Gasteiger charge is 2.22. The molecule has 2 aromatic rings. The molecule has 0 saturated heterocycles. The lowest BCUT2D eigenvalue weighted by Crippen LogP contribution is -2.27. The van der Waals surface area contributed by atoms with Crippen LogP contribution in [-0.4, -0.2) is 35.0 Å². The third-order valence-electron chi connectivity index (χ3n) is 3.96. The molecule has 1 unspecified atom stereocenters. The Hall–Kier alpha value is -3.13. The van der Waals surface area contributed by atoms with Crippen LogP contribution >= 0.6 is 11.8 Å². The third-order valence-corrected chi connectivity index (χ3v) is 5.00. The molecule has 1 amide bonds. The lowest BCUT2D eigenvalue weighted by molar-refractivity contribution is -0.118. The van der Waals surface area contributed by atoms with Gasteiger partial charge < -0.3 is 21.2 Å². The molecule has 138 valence electrons. The highest BCUT2D eigenvalue weighted by Crippen LogP contribution is 2.30. The van der Waals surface area contributed by atoms with E-state index in [1.807, 2.05) is 30.3 Å². The van der Waals surface area contributed by atoms with Gasteiger partial charge in [0.2, 0.25) is 0 Å². The predicted octanol–water partition coefficient (Wildman–Crippen LogP) is 2.65. The van der Waals surface area contributed by atoms with Crippen molar-refractivity contribution in [2.45, 2.75) is 11.7 Å². The van der Waals surface area contributed by atoms with Crippen LogP contribution in [0, 0.1) is 10.8 Å². The van der Waals surface area contributed by atoms with Gasteiger partial charge in [-0.2, -0.15) is 0 Å². The van der Waals surface area contributed by atoms with Crippen LogP contribution in [0.15, 0.2) is 53.5 Å². The monoisotopic (exact) mass is 381 g/mol. The average Bonchev–Trinajstić information content (AvgIpc) is 2.67. The van der Waals surface area contributed by atoms with Gasteiger partial charge >= 0.3 is 0 Å². The SMILES string of the molecule is N=CN=C(N)SC(Cc1ccccc1)C(=N)c1ccc2c(c1)NC(=O)CO2. The molecule has 2 aromatic carbocycles. The minimum Gasteiger partial charge on any atom is -0.482 e. The topological polar surface area (TPSA) is 124 Å². The Bertz CT molecular complexity index is 898. The second-order valence-corrected chi connectivity index (χ2v) is 7.08. The molecule has 7 nitrogen and oxygen atoms in total. The molecule has 1 heterocycles. The summed E-state index contributed by atoms with van der Waals surface area (Å²) in [5.41, 5.74) is 8.51. The van der Waals surface area contributed by atoms with Gasteiger partial charge in [-0.15, -0.1) is 0 Å². The number of amidine groups is 1. The zero-order valence-electron chi connectivity index (χ0n) is 14.4. The lowest BCUT2D eigenvalue weighted by Gasteiger charge is -2.21. The second-order valence-electron chi connectivity index (χ2n) is 5.85. The van der Waals surface area contributed by atoms with E-state index in [2.05, 4.69) is 10.3 Å². The van der Waals surface area contributed by atoms with Crippen molar-refractivity contribution in [3.63, 3.8) is 0 Å². The number of nitrogens with zero attached hydrogens (tertiary/aromatic N) is 1. The average molecular weight is 381 g/mol. The minimum absolute atomic E-state index is 0.00704. The molecule has 0 bridgehead atoms. The van der Waals surface area contributed by atoms with Gasteiger partial charge in [0.05, 0.1) is 16.6 Å². The van der Waals surface area contributed by atoms with Gasteiger partial charge in [0.1, 0.15) is 12.1 Å². The first kappa shape index (κ1) is 18.7. The molecular formula is C19H19N5O2S. The number of fused-ring (bicyclic) bond motifs is 1. The van der Waals surface area contributed by atoms with Gasteiger partial charge in [0.15, 0.2) is 11.8 Å². The first-order valence-corrected chi connectivity index (χ1v) is 9.13. The van der Waals surface area contributed by atoms with Crippen LogP contribution in [0.2, 0.25) is 0 Å². The number of carbonyl (C=O) groups is 1. The van der Waals surface area contributed by atoms with Crippen molar-refractivity contribution >= 4 is 40.6 Å². The first-order valence-electron chi connectivity index (χ1n) is 8.25. The number of amides is 1. The molecule has 0 aromatic heterocycles. The number of hydrogen-bond donors (Lipinski definition) is 4. The Morgan fingerprint density at radius 3 is 2.85 bits per heavy atom. The normalized spacial score (nSPS) is 14.5. The summed E-state index contributed by atoms with van der Waals surface area (Å²) in [6.45, 7) is -0.00704. The maximum atomic E-state index is 11.6. The van der Waals surface area contributed by atoms with Gasteiger partial charge in [0.25, 0.3) is 5.91 Å². The fraction of sp³-hybridized carbons (Fsp3) is 0.158. The Morgan fingerprint density at radius 2 is 2.11 bits per heavy atom. The van der Waals surface area contributed by atoms with Crippen LogP contribution in [0.5, 0.6) is 5.75 Å². The third kappa shape index (κ3) is 4.73. The molecule has 27 heavy (non-hydrogen) atoms. The summed E-state index contributed by atoms with van der Waals surface area (Å²) >= 11 is 1.24. The van der Waals surface area contributed by atoms with Crippen LogP contribution in [0.3, 0.4) is 0 Å². The van der Waals surface area contributed by atoms with E-state index in [9.17, 15) is 4.79 Å². The summed E-state index contributed by atoms with van der Waals surface area (Å²) in [7, 11) is 0. The molecule has 1 aliphatic heterocycles. The van der Waals surface area contributed by atoms with E-state index in [0.29, 0.717) is 29.1 Å². The van der Waals surface area contributed by atoms with E-state index in [1.165, 1.54) is 11.8 Å².